The first-order chi connectivity index (χ1) is 8.47. The second kappa shape index (κ2) is 4.94. The topological polar surface area (TPSA) is 66.4 Å². The fourth-order valence-electron chi connectivity index (χ4n) is 1.91. The van der Waals surface area contributed by atoms with Crippen molar-refractivity contribution in [3.8, 4) is 0 Å². The van der Waals surface area contributed by atoms with Crippen LogP contribution in [0.15, 0.2) is 18.2 Å². The molecule has 1 aliphatic rings. The van der Waals surface area contributed by atoms with E-state index in [4.69, 9.17) is 5.11 Å². The smallest absolute Gasteiger partial charge is 0.310 e. The van der Waals surface area contributed by atoms with Gasteiger partial charge in [-0.1, -0.05) is 12.2 Å². The summed E-state index contributed by atoms with van der Waals surface area (Å²) in [5.41, 5.74) is 1.11. The Bertz CT molecular complexity index is 499. The second-order valence-electron chi connectivity index (χ2n) is 4.50. The van der Waals surface area contributed by atoms with Gasteiger partial charge in [-0.05, 0) is 31.9 Å². The predicted octanol–water partition coefficient (Wildman–Crippen LogP) is 2.12. The Balaban J connectivity index is 1.97. The monoisotopic (exact) mass is 265 g/mol. The minimum absolute atomic E-state index is 0.128. The number of aliphatic carboxylic acids is 1. The highest BCUT2D eigenvalue weighted by Gasteiger charge is 2.25. The lowest BCUT2D eigenvalue weighted by molar-refractivity contribution is -0.140. The number of carbonyl (C=O) groups is 2. The second-order valence-corrected chi connectivity index (χ2v) is 5.75. The molecule has 0 radical (unpaired) electrons. The normalized spacial score (nSPS) is 22.1. The third-order valence-corrected chi connectivity index (χ3v) is 4.26. The highest BCUT2D eigenvalue weighted by atomic mass is 32.1. The molecule has 1 aromatic rings. The minimum atomic E-state index is -0.842. The quantitative estimate of drug-likeness (QED) is 0.823. The number of hydrogen-bond acceptors (Lipinski definition) is 3. The van der Waals surface area contributed by atoms with Gasteiger partial charge in [0.25, 0.3) is 5.91 Å². The summed E-state index contributed by atoms with van der Waals surface area (Å²) in [7, 11) is 0. The van der Waals surface area contributed by atoms with Gasteiger partial charge in [0.1, 0.15) is 0 Å². The molecule has 2 rings (SSSR count). The fourth-order valence-corrected chi connectivity index (χ4v) is 2.85. The summed E-state index contributed by atoms with van der Waals surface area (Å²) >= 11 is 1.46. The standard InChI is InChI=1S/C13H15NO3S/c1-7-5-11(18-8(7)2)12(15)14-10-4-3-9(6-10)13(16)17/h3-5,9-10H,6H2,1-2H3,(H,14,15)(H,16,17). The van der Waals surface area contributed by atoms with Gasteiger partial charge in [0.05, 0.1) is 10.8 Å². The summed E-state index contributed by atoms with van der Waals surface area (Å²) in [5, 5.41) is 11.7. The lowest BCUT2D eigenvalue weighted by atomic mass is 10.1. The average Bonchev–Trinajstić information content (AvgIpc) is 2.87. The maximum absolute atomic E-state index is 12.0. The molecule has 1 aromatic heterocycles. The molecule has 4 nitrogen and oxygen atoms in total. The lowest BCUT2D eigenvalue weighted by Gasteiger charge is -2.10. The predicted molar refractivity (Wildman–Crippen MR) is 69.9 cm³/mol. The van der Waals surface area contributed by atoms with E-state index in [0.717, 1.165) is 10.4 Å². The van der Waals surface area contributed by atoms with Gasteiger partial charge in [-0.3, -0.25) is 9.59 Å². The molecule has 2 unspecified atom stereocenters. The lowest BCUT2D eigenvalue weighted by Crippen LogP contribution is -2.32. The molecule has 5 heteroatoms. The van der Waals surface area contributed by atoms with E-state index in [2.05, 4.69) is 5.32 Å². The maximum Gasteiger partial charge on any atom is 0.310 e. The zero-order valence-electron chi connectivity index (χ0n) is 10.3. The van der Waals surface area contributed by atoms with E-state index in [9.17, 15) is 9.59 Å². The summed E-state index contributed by atoms with van der Waals surface area (Å²) in [5.74, 6) is -1.45. The van der Waals surface area contributed by atoms with Crippen molar-refractivity contribution in [3.63, 3.8) is 0 Å². The van der Waals surface area contributed by atoms with E-state index in [1.54, 1.807) is 12.2 Å². The molecule has 1 aliphatic carbocycles. The summed E-state index contributed by atoms with van der Waals surface area (Å²) in [6, 6.07) is 1.68. The molecular formula is C13H15NO3S. The van der Waals surface area contributed by atoms with Crippen LogP contribution in [0.3, 0.4) is 0 Å². The van der Waals surface area contributed by atoms with Crippen LogP contribution >= 0.6 is 11.3 Å². The van der Waals surface area contributed by atoms with Gasteiger partial charge >= 0.3 is 5.97 Å². The molecule has 0 aromatic carbocycles. The number of amides is 1. The highest BCUT2D eigenvalue weighted by molar-refractivity contribution is 7.14. The summed E-state index contributed by atoms with van der Waals surface area (Å²) in [6.07, 6.45) is 3.83. The van der Waals surface area contributed by atoms with Crippen molar-refractivity contribution in [1.82, 2.24) is 5.32 Å². The Labute approximate surface area is 109 Å². The Morgan fingerprint density at radius 3 is 2.61 bits per heavy atom. The van der Waals surface area contributed by atoms with Gasteiger partial charge in [-0.2, -0.15) is 0 Å². The largest absolute Gasteiger partial charge is 0.481 e. The van der Waals surface area contributed by atoms with E-state index in [-0.39, 0.29) is 11.9 Å². The van der Waals surface area contributed by atoms with E-state index in [1.807, 2.05) is 19.9 Å². The number of aryl methyl sites for hydroxylation is 2. The maximum atomic E-state index is 12.0. The van der Waals surface area contributed by atoms with Gasteiger partial charge in [0.2, 0.25) is 0 Å². The van der Waals surface area contributed by atoms with Gasteiger partial charge < -0.3 is 10.4 Å². The zero-order valence-corrected chi connectivity index (χ0v) is 11.1. The van der Waals surface area contributed by atoms with Crippen molar-refractivity contribution in [3.05, 3.63) is 33.5 Å². The molecule has 0 spiro atoms. The van der Waals surface area contributed by atoms with Crippen LogP contribution in [0, 0.1) is 19.8 Å². The van der Waals surface area contributed by atoms with E-state index < -0.39 is 11.9 Å². The molecule has 96 valence electrons. The number of carboxylic acids is 1. The Morgan fingerprint density at radius 2 is 2.11 bits per heavy atom. The fraction of sp³-hybridized carbons (Fsp3) is 0.385. The van der Waals surface area contributed by atoms with Crippen LogP contribution in [0.5, 0.6) is 0 Å². The first-order valence-corrected chi connectivity index (χ1v) is 6.58. The van der Waals surface area contributed by atoms with Crippen molar-refractivity contribution >= 4 is 23.2 Å². The van der Waals surface area contributed by atoms with Gasteiger partial charge in [0, 0.05) is 10.9 Å². The van der Waals surface area contributed by atoms with Crippen molar-refractivity contribution in [2.24, 2.45) is 5.92 Å². The van der Waals surface area contributed by atoms with Gasteiger partial charge in [0.15, 0.2) is 0 Å². The third kappa shape index (κ3) is 2.61. The van der Waals surface area contributed by atoms with Crippen molar-refractivity contribution in [2.45, 2.75) is 26.3 Å². The number of carboxylic acid groups (broad SMARTS) is 1. The summed E-state index contributed by atoms with van der Waals surface area (Å²) in [4.78, 5) is 24.6. The number of hydrogen-bond donors (Lipinski definition) is 2. The molecule has 18 heavy (non-hydrogen) atoms. The van der Waals surface area contributed by atoms with Crippen LogP contribution in [0.2, 0.25) is 0 Å². The molecule has 1 amide bonds. The number of thiophene rings is 1. The first kappa shape index (κ1) is 12.8. The minimum Gasteiger partial charge on any atom is -0.481 e. The zero-order chi connectivity index (χ0) is 13.3. The summed E-state index contributed by atoms with van der Waals surface area (Å²) in [6.45, 7) is 3.95. The van der Waals surface area contributed by atoms with Crippen molar-refractivity contribution < 1.29 is 14.7 Å². The number of carbonyl (C=O) groups excluding carboxylic acids is 1. The van der Waals surface area contributed by atoms with Crippen LogP contribution in [0.4, 0.5) is 0 Å². The molecular weight excluding hydrogens is 250 g/mol. The Kier molecular flexibility index (Phi) is 3.52. The summed E-state index contributed by atoms with van der Waals surface area (Å²) < 4.78 is 0. The Morgan fingerprint density at radius 1 is 1.39 bits per heavy atom. The van der Waals surface area contributed by atoms with Crippen LogP contribution in [-0.4, -0.2) is 23.0 Å². The van der Waals surface area contributed by atoms with Crippen molar-refractivity contribution in [1.29, 1.82) is 0 Å². The molecule has 0 aliphatic heterocycles. The number of rotatable bonds is 3. The average molecular weight is 265 g/mol. The molecule has 2 N–H and O–H groups in total. The molecule has 1 heterocycles. The van der Waals surface area contributed by atoms with E-state index in [1.165, 1.54) is 11.3 Å². The molecule has 0 fully saturated rings. The van der Waals surface area contributed by atoms with Gasteiger partial charge in [-0.25, -0.2) is 0 Å². The molecule has 2 atom stereocenters. The van der Waals surface area contributed by atoms with E-state index >= 15 is 0 Å². The van der Waals surface area contributed by atoms with E-state index in [0.29, 0.717) is 11.3 Å². The SMILES string of the molecule is Cc1cc(C(=O)NC2C=CC(C(=O)O)C2)sc1C. The highest BCUT2D eigenvalue weighted by Crippen LogP contribution is 2.22. The van der Waals surface area contributed by atoms with Crippen molar-refractivity contribution in [2.75, 3.05) is 0 Å². The molecule has 0 bridgehead atoms. The third-order valence-electron chi connectivity index (χ3n) is 3.11. The van der Waals surface area contributed by atoms with Crippen LogP contribution in [-0.2, 0) is 4.79 Å². The molecule has 0 saturated heterocycles. The Hall–Kier alpha value is -1.62. The van der Waals surface area contributed by atoms with Crippen LogP contribution in [0.1, 0.15) is 26.5 Å². The van der Waals surface area contributed by atoms with Gasteiger partial charge in [-0.15, -0.1) is 11.3 Å². The number of nitrogens with one attached hydrogen (secondary N) is 1. The van der Waals surface area contributed by atoms with Crippen LogP contribution in [0.25, 0.3) is 0 Å². The van der Waals surface area contributed by atoms with Crippen LogP contribution < -0.4 is 5.32 Å². The molecule has 0 saturated carbocycles. The first-order valence-electron chi connectivity index (χ1n) is 5.76.